The van der Waals surface area contributed by atoms with E-state index in [9.17, 15) is 0 Å². The van der Waals surface area contributed by atoms with Crippen LogP contribution in [0.1, 0.15) is 26.2 Å². The Kier molecular flexibility index (Phi) is 4.70. The van der Waals surface area contributed by atoms with Gasteiger partial charge in [0, 0.05) is 31.0 Å². The van der Waals surface area contributed by atoms with Crippen LogP contribution in [-0.2, 0) is 4.74 Å². The summed E-state index contributed by atoms with van der Waals surface area (Å²) in [4.78, 5) is 0. The topological polar surface area (TPSA) is 56.5 Å². The van der Waals surface area contributed by atoms with E-state index in [0.29, 0.717) is 18.3 Å². The van der Waals surface area contributed by atoms with Crippen molar-refractivity contribution in [1.82, 2.24) is 0 Å². The van der Waals surface area contributed by atoms with Gasteiger partial charge in [0.2, 0.25) is 0 Å². The number of rotatable bonds is 5. The molecule has 3 N–H and O–H groups in total. The molecule has 1 saturated heterocycles. The number of nitrogens with two attached hydrogens (primary N) is 1. The lowest BCUT2D eigenvalue weighted by Gasteiger charge is -2.24. The van der Waals surface area contributed by atoms with Gasteiger partial charge in [0.15, 0.2) is 0 Å². The highest BCUT2D eigenvalue weighted by Gasteiger charge is 2.13. The van der Waals surface area contributed by atoms with Crippen LogP contribution >= 0.6 is 0 Å². The average Bonchev–Trinajstić information content (AvgIpc) is 2.40. The lowest BCUT2D eigenvalue weighted by atomic mass is 10.1. The molecule has 0 aromatic heterocycles. The van der Waals surface area contributed by atoms with Crippen molar-refractivity contribution in [3.8, 4) is 5.75 Å². The van der Waals surface area contributed by atoms with Crippen LogP contribution in [-0.4, -0.2) is 25.9 Å². The first kappa shape index (κ1) is 13.0. The summed E-state index contributed by atoms with van der Waals surface area (Å²) in [6.07, 6.45) is 3.09. The number of hydrogen-bond donors (Lipinski definition) is 2. The quantitative estimate of drug-likeness (QED) is 0.789. The summed E-state index contributed by atoms with van der Waals surface area (Å²) in [5.41, 5.74) is 7.66. The number of anilines is 2. The Morgan fingerprint density at radius 1 is 1.39 bits per heavy atom. The molecule has 1 aromatic carbocycles. The third-order valence-corrected chi connectivity index (χ3v) is 3.07. The first-order valence-electron chi connectivity index (χ1n) is 6.66. The minimum atomic E-state index is 0.487. The van der Waals surface area contributed by atoms with Gasteiger partial charge in [-0.3, -0.25) is 0 Å². The van der Waals surface area contributed by atoms with E-state index in [1.165, 1.54) is 0 Å². The Hall–Kier alpha value is -1.42. The van der Waals surface area contributed by atoms with Crippen LogP contribution in [0.3, 0.4) is 0 Å². The van der Waals surface area contributed by atoms with Gasteiger partial charge in [-0.2, -0.15) is 0 Å². The number of hydrogen-bond acceptors (Lipinski definition) is 4. The van der Waals surface area contributed by atoms with Crippen LogP contribution in [0.2, 0.25) is 0 Å². The van der Waals surface area contributed by atoms with E-state index in [2.05, 4.69) is 12.2 Å². The fourth-order valence-corrected chi connectivity index (χ4v) is 2.04. The van der Waals surface area contributed by atoms with Crippen LogP contribution < -0.4 is 15.8 Å². The molecule has 0 spiro atoms. The molecule has 0 unspecified atom stereocenters. The predicted octanol–water partition coefficient (Wildman–Crippen LogP) is 2.65. The summed E-state index contributed by atoms with van der Waals surface area (Å²) in [7, 11) is 0. The van der Waals surface area contributed by atoms with Crippen LogP contribution in [0.5, 0.6) is 5.75 Å². The molecule has 18 heavy (non-hydrogen) atoms. The van der Waals surface area contributed by atoms with Gasteiger partial charge in [-0.05, 0) is 31.4 Å². The first-order chi connectivity index (χ1) is 8.79. The molecule has 1 aromatic rings. The second-order valence-corrected chi connectivity index (χ2v) is 4.63. The molecule has 4 heteroatoms. The molecule has 0 atom stereocenters. The zero-order valence-corrected chi connectivity index (χ0v) is 10.9. The lowest BCUT2D eigenvalue weighted by Crippen LogP contribution is -2.27. The molecular formula is C14H22N2O2. The van der Waals surface area contributed by atoms with Gasteiger partial charge < -0.3 is 20.5 Å². The monoisotopic (exact) mass is 250 g/mol. The minimum Gasteiger partial charge on any atom is -0.491 e. The minimum absolute atomic E-state index is 0.487. The van der Waals surface area contributed by atoms with Crippen molar-refractivity contribution in [1.29, 1.82) is 0 Å². The molecule has 1 aliphatic heterocycles. The largest absolute Gasteiger partial charge is 0.491 e. The van der Waals surface area contributed by atoms with Crippen LogP contribution in [0.25, 0.3) is 0 Å². The van der Waals surface area contributed by atoms with Crippen molar-refractivity contribution in [3.63, 3.8) is 0 Å². The van der Waals surface area contributed by atoms with Crippen molar-refractivity contribution in [2.75, 3.05) is 30.9 Å². The maximum Gasteiger partial charge on any atom is 0.144 e. The Labute approximate surface area is 108 Å². The average molecular weight is 250 g/mol. The fraction of sp³-hybridized carbons (Fsp3) is 0.571. The maximum absolute atomic E-state index is 5.89. The zero-order valence-electron chi connectivity index (χ0n) is 10.9. The number of nitrogens with one attached hydrogen (secondary N) is 1. The molecule has 0 radical (unpaired) electrons. The molecule has 100 valence electrons. The summed E-state index contributed by atoms with van der Waals surface area (Å²) in [5.74, 6) is 0.772. The van der Waals surface area contributed by atoms with Gasteiger partial charge in [0.05, 0.1) is 12.3 Å². The molecule has 1 heterocycles. The second-order valence-electron chi connectivity index (χ2n) is 4.63. The number of benzene rings is 1. The number of nitrogen functional groups attached to an aromatic ring is 1. The van der Waals surface area contributed by atoms with E-state index in [0.717, 1.165) is 43.9 Å². The maximum atomic E-state index is 5.89. The summed E-state index contributed by atoms with van der Waals surface area (Å²) in [5, 5.41) is 3.51. The Morgan fingerprint density at radius 3 is 2.89 bits per heavy atom. The summed E-state index contributed by atoms with van der Waals surface area (Å²) < 4.78 is 11.0. The summed E-state index contributed by atoms with van der Waals surface area (Å²) in [6, 6.07) is 6.37. The van der Waals surface area contributed by atoms with Crippen LogP contribution in [0.4, 0.5) is 11.4 Å². The third kappa shape index (κ3) is 3.53. The molecule has 2 rings (SSSR count). The molecular weight excluding hydrogens is 228 g/mol. The SMILES string of the molecule is CCCOc1cc(NC2CCOCC2)ccc1N. The number of ether oxygens (including phenoxy) is 2. The first-order valence-corrected chi connectivity index (χ1v) is 6.66. The van der Waals surface area contributed by atoms with E-state index >= 15 is 0 Å². The van der Waals surface area contributed by atoms with E-state index in [4.69, 9.17) is 15.2 Å². The smallest absolute Gasteiger partial charge is 0.144 e. The molecule has 4 nitrogen and oxygen atoms in total. The normalized spacial score (nSPS) is 16.5. The zero-order chi connectivity index (χ0) is 12.8. The van der Waals surface area contributed by atoms with Crippen LogP contribution in [0.15, 0.2) is 18.2 Å². The van der Waals surface area contributed by atoms with Crippen molar-refractivity contribution >= 4 is 11.4 Å². The second kappa shape index (κ2) is 6.50. The summed E-state index contributed by atoms with van der Waals surface area (Å²) in [6.45, 7) is 4.46. The van der Waals surface area contributed by atoms with Gasteiger partial charge in [-0.25, -0.2) is 0 Å². The van der Waals surface area contributed by atoms with Gasteiger partial charge >= 0.3 is 0 Å². The van der Waals surface area contributed by atoms with Gasteiger partial charge in [-0.15, -0.1) is 0 Å². The Bertz CT molecular complexity index is 376. The highest BCUT2D eigenvalue weighted by atomic mass is 16.5. The van der Waals surface area contributed by atoms with E-state index in [-0.39, 0.29) is 0 Å². The highest BCUT2D eigenvalue weighted by molar-refractivity contribution is 5.61. The molecule has 0 amide bonds. The molecule has 1 fully saturated rings. The van der Waals surface area contributed by atoms with E-state index in [1.54, 1.807) is 0 Å². The van der Waals surface area contributed by atoms with Crippen molar-refractivity contribution < 1.29 is 9.47 Å². The van der Waals surface area contributed by atoms with E-state index < -0.39 is 0 Å². The molecule has 0 saturated carbocycles. The van der Waals surface area contributed by atoms with Gasteiger partial charge in [0.25, 0.3) is 0 Å². The molecule has 0 bridgehead atoms. The van der Waals surface area contributed by atoms with Crippen LogP contribution in [0, 0.1) is 0 Å². The molecule has 1 aliphatic rings. The summed E-state index contributed by atoms with van der Waals surface area (Å²) >= 11 is 0. The van der Waals surface area contributed by atoms with Gasteiger partial charge in [0.1, 0.15) is 5.75 Å². The fourth-order valence-electron chi connectivity index (χ4n) is 2.04. The third-order valence-electron chi connectivity index (χ3n) is 3.07. The lowest BCUT2D eigenvalue weighted by molar-refractivity contribution is 0.0904. The Balaban J connectivity index is 1.99. The highest BCUT2D eigenvalue weighted by Crippen LogP contribution is 2.27. The predicted molar refractivity (Wildman–Crippen MR) is 74.1 cm³/mol. The Morgan fingerprint density at radius 2 is 2.17 bits per heavy atom. The van der Waals surface area contributed by atoms with E-state index in [1.807, 2.05) is 18.2 Å². The van der Waals surface area contributed by atoms with Crippen molar-refractivity contribution in [2.45, 2.75) is 32.2 Å². The standard InChI is InChI=1S/C14H22N2O2/c1-2-7-18-14-10-12(3-4-13(14)15)16-11-5-8-17-9-6-11/h3-4,10-11,16H,2,5-9,15H2,1H3. The van der Waals surface area contributed by atoms with Crippen molar-refractivity contribution in [3.05, 3.63) is 18.2 Å². The van der Waals surface area contributed by atoms with Crippen molar-refractivity contribution in [2.24, 2.45) is 0 Å². The van der Waals surface area contributed by atoms with Gasteiger partial charge in [-0.1, -0.05) is 6.92 Å². The molecule has 0 aliphatic carbocycles.